The van der Waals surface area contributed by atoms with Crippen molar-refractivity contribution >= 4 is 12.2 Å². The van der Waals surface area contributed by atoms with Gasteiger partial charge in [-0.1, -0.05) is 17.3 Å². The Morgan fingerprint density at radius 2 is 1.81 bits per heavy atom. The molecule has 1 aromatic heterocycles. The van der Waals surface area contributed by atoms with Crippen molar-refractivity contribution in [3.05, 3.63) is 65.5 Å². The van der Waals surface area contributed by atoms with Gasteiger partial charge in [0.15, 0.2) is 6.61 Å². The third-order valence-corrected chi connectivity index (χ3v) is 3.60. The summed E-state index contributed by atoms with van der Waals surface area (Å²) in [5.41, 5.74) is 2.02. The number of benzene rings is 2. The molecule has 0 atom stereocenters. The fourth-order valence-electron chi connectivity index (χ4n) is 2.18. The minimum atomic E-state index is -0.390. The Balaban J connectivity index is 1.54. The number of carbonyl (C=O) groups excluding carboxylic acids is 1. The van der Waals surface area contributed by atoms with Gasteiger partial charge in [-0.25, -0.2) is 4.79 Å². The molecular weight excluding hydrogens is 350 g/mol. The highest BCUT2D eigenvalue weighted by atomic mass is 16.6. The Labute approximate surface area is 155 Å². The van der Waals surface area contributed by atoms with Crippen molar-refractivity contribution < 1.29 is 23.5 Å². The Morgan fingerprint density at radius 1 is 1.07 bits per heavy atom. The van der Waals surface area contributed by atoms with E-state index in [0.29, 0.717) is 17.3 Å². The van der Waals surface area contributed by atoms with Gasteiger partial charge in [-0.15, -0.1) is 10.2 Å². The number of oxime groups is 1. The van der Waals surface area contributed by atoms with Crippen molar-refractivity contribution in [1.82, 2.24) is 10.2 Å². The van der Waals surface area contributed by atoms with Crippen molar-refractivity contribution in [2.45, 2.75) is 6.61 Å². The lowest BCUT2D eigenvalue weighted by Gasteiger charge is -1.99. The monoisotopic (exact) mass is 367 g/mol. The van der Waals surface area contributed by atoms with Gasteiger partial charge in [0, 0.05) is 5.56 Å². The van der Waals surface area contributed by atoms with E-state index in [1.807, 2.05) is 24.3 Å². The summed E-state index contributed by atoms with van der Waals surface area (Å²) in [4.78, 5) is 16.5. The van der Waals surface area contributed by atoms with E-state index in [4.69, 9.17) is 14.0 Å². The van der Waals surface area contributed by atoms with Crippen LogP contribution in [-0.4, -0.2) is 36.6 Å². The predicted molar refractivity (Wildman–Crippen MR) is 96.5 cm³/mol. The summed E-state index contributed by atoms with van der Waals surface area (Å²) in [6.45, 7) is 0.0416. The molecule has 0 aliphatic carbocycles. The van der Waals surface area contributed by atoms with Crippen LogP contribution in [0.1, 0.15) is 21.8 Å². The van der Waals surface area contributed by atoms with E-state index in [2.05, 4.69) is 20.1 Å². The van der Waals surface area contributed by atoms with Crippen molar-refractivity contribution in [3.8, 4) is 17.2 Å². The van der Waals surface area contributed by atoms with E-state index in [9.17, 15) is 4.79 Å². The summed E-state index contributed by atoms with van der Waals surface area (Å²) >= 11 is 0. The number of aromatic nitrogens is 2. The SMILES string of the molecule is COC(=O)c1ccc(/C=N/OCc2nnc(-c3ccc(OC)cc3)o2)cc1. The van der Waals surface area contributed by atoms with E-state index in [0.717, 1.165) is 16.9 Å². The molecule has 0 aliphatic rings. The summed E-state index contributed by atoms with van der Waals surface area (Å²) in [6, 6.07) is 14.0. The highest BCUT2D eigenvalue weighted by Crippen LogP contribution is 2.21. The van der Waals surface area contributed by atoms with Crippen LogP contribution in [-0.2, 0) is 16.2 Å². The van der Waals surface area contributed by atoms with Gasteiger partial charge in [-0.05, 0) is 42.0 Å². The standard InChI is InChI=1S/C19H17N3O5/c1-24-16-9-7-14(8-10-16)18-22-21-17(27-18)12-26-20-11-13-3-5-15(6-4-13)19(23)25-2/h3-11H,12H2,1-2H3/b20-11+. The summed E-state index contributed by atoms with van der Waals surface area (Å²) in [5.74, 6) is 1.05. The molecule has 138 valence electrons. The highest BCUT2D eigenvalue weighted by molar-refractivity contribution is 5.90. The fourth-order valence-corrected chi connectivity index (χ4v) is 2.18. The molecule has 0 N–H and O–H groups in total. The second-order valence-electron chi connectivity index (χ2n) is 5.35. The quantitative estimate of drug-likeness (QED) is 0.360. The molecule has 0 bridgehead atoms. The molecule has 0 spiro atoms. The first-order chi connectivity index (χ1) is 13.2. The zero-order chi connectivity index (χ0) is 19.1. The van der Waals surface area contributed by atoms with E-state index < -0.39 is 5.97 Å². The number of ether oxygens (including phenoxy) is 2. The largest absolute Gasteiger partial charge is 0.497 e. The first-order valence-corrected chi connectivity index (χ1v) is 8.00. The predicted octanol–water partition coefficient (Wildman–Crippen LogP) is 3.08. The smallest absolute Gasteiger partial charge is 0.337 e. The fraction of sp³-hybridized carbons (Fsp3) is 0.158. The molecule has 1 heterocycles. The van der Waals surface area contributed by atoms with E-state index in [1.54, 1.807) is 31.4 Å². The number of nitrogens with zero attached hydrogens (tertiary/aromatic N) is 3. The molecular formula is C19H17N3O5. The molecule has 0 amide bonds. The summed E-state index contributed by atoms with van der Waals surface area (Å²) in [7, 11) is 2.94. The number of hydrogen-bond donors (Lipinski definition) is 0. The van der Waals surface area contributed by atoms with E-state index in [-0.39, 0.29) is 6.61 Å². The first kappa shape index (κ1) is 18.1. The topological polar surface area (TPSA) is 96.0 Å². The van der Waals surface area contributed by atoms with Crippen molar-refractivity contribution in [1.29, 1.82) is 0 Å². The third kappa shape index (κ3) is 4.69. The van der Waals surface area contributed by atoms with E-state index in [1.165, 1.54) is 13.3 Å². The van der Waals surface area contributed by atoms with Crippen LogP contribution in [0.4, 0.5) is 0 Å². The van der Waals surface area contributed by atoms with Gasteiger partial charge >= 0.3 is 5.97 Å². The summed E-state index contributed by atoms with van der Waals surface area (Å²) < 4.78 is 15.3. The Hall–Kier alpha value is -3.68. The molecule has 2 aromatic carbocycles. The molecule has 27 heavy (non-hydrogen) atoms. The number of methoxy groups -OCH3 is 2. The lowest BCUT2D eigenvalue weighted by Crippen LogP contribution is -2.00. The second kappa shape index (κ2) is 8.61. The Morgan fingerprint density at radius 3 is 2.48 bits per heavy atom. The van der Waals surface area contributed by atoms with Crippen LogP contribution < -0.4 is 4.74 Å². The molecule has 0 aliphatic heterocycles. The minimum absolute atomic E-state index is 0.0416. The first-order valence-electron chi connectivity index (χ1n) is 8.00. The maximum atomic E-state index is 11.4. The average Bonchev–Trinajstić information content (AvgIpc) is 3.20. The van der Waals surface area contributed by atoms with Crippen LogP contribution in [0.2, 0.25) is 0 Å². The minimum Gasteiger partial charge on any atom is -0.497 e. The summed E-state index contributed by atoms with van der Waals surface area (Å²) in [5, 5.41) is 11.8. The zero-order valence-corrected chi connectivity index (χ0v) is 14.8. The van der Waals surface area contributed by atoms with Gasteiger partial charge < -0.3 is 18.7 Å². The number of carbonyl (C=O) groups is 1. The van der Waals surface area contributed by atoms with Crippen LogP contribution in [0.5, 0.6) is 5.75 Å². The molecule has 0 radical (unpaired) electrons. The zero-order valence-electron chi connectivity index (χ0n) is 14.8. The maximum Gasteiger partial charge on any atom is 0.337 e. The average molecular weight is 367 g/mol. The number of rotatable bonds is 7. The van der Waals surface area contributed by atoms with Gasteiger partial charge in [0.2, 0.25) is 5.89 Å². The highest BCUT2D eigenvalue weighted by Gasteiger charge is 2.09. The van der Waals surface area contributed by atoms with Crippen LogP contribution in [0.3, 0.4) is 0 Å². The van der Waals surface area contributed by atoms with Gasteiger partial charge in [-0.2, -0.15) is 0 Å². The number of esters is 1. The second-order valence-corrected chi connectivity index (χ2v) is 5.35. The van der Waals surface area contributed by atoms with Crippen LogP contribution in [0.25, 0.3) is 11.5 Å². The van der Waals surface area contributed by atoms with Gasteiger partial charge in [0.1, 0.15) is 5.75 Å². The normalized spacial score (nSPS) is 10.7. The molecule has 3 aromatic rings. The van der Waals surface area contributed by atoms with Crippen LogP contribution >= 0.6 is 0 Å². The molecule has 0 unspecified atom stereocenters. The lowest BCUT2D eigenvalue weighted by molar-refractivity contribution is 0.0600. The molecule has 3 rings (SSSR count). The molecule has 0 saturated carbocycles. The van der Waals surface area contributed by atoms with Gasteiger partial charge in [0.25, 0.3) is 5.89 Å². The van der Waals surface area contributed by atoms with Crippen molar-refractivity contribution in [3.63, 3.8) is 0 Å². The van der Waals surface area contributed by atoms with Gasteiger partial charge in [0.05, 0.1) is 26.0 Å². The molecule has 0 fully saturated rings. The molecule has 8 heteroatoms. The molecule has 0 saturated heterocycles. The van der Waals surface area contributed by atoms with Crippen LogP contribution in [0, 0.1) is 0 Å². The number of hydrogen-bond acceptors (Lipinski definition) is 8. The lowest BCUT2D eigenvalue weighted by atomic mass is 10.1. The maximum absolute atomic E-state index is 11.4. The van der Waals surface area contributed by atoms with E-state index >= 15 is 0 Å². The third-order valence-electron chi connectivity index (χ3n) is 3.60. The van der Waals surface area contributed by atoms with Crippen LogP contribution in [0.15, 0.2) is 58.1 Å². The summed E-state index contributed by atoms with van der Waals surface area (Å²) in [6.07, 6.45) is 1.52. The van der Waals surface area contributed by atoms with Crippen molar-refractivity contribution in [2.75, 3.05) is 14.2 Å². The Kier molecular flexibility index (Phi) is 5.78. The van der Waals surface area contributed by atoms with Gasteiger partial charge in [-0.3, -0.25) is 0 Å². The Bertz CT molecular complexity index is 917. The van der Waals surface area contributed by atoms with Crippen molar-refractivity contribution in [2.24, 2.45) is 5.16 Å². The molecule has 8 nitrogen and oxygen atoms in total.